The fourth-order valence-corrected chi connectivity index (χ4v) is 1.11. The molecule has 3 heteroatoms. The number of hydrogen-bond donors (Lipinski definition) is 0. The van der Waals surface area contributed by atoms with Crippen molar-refractivity contribution in [3.05, 3.63) is 29.9 Å². The Morgan fingerprint density at radius 2 is 2.23 bits per heavy atom. The Kier molecular flexibility index (Phi) is 3.55. The Morgan fingerprint density at radius 3 is 2.69 bits per heavy atom. The van der Waals surface area contributed by atoms with Crippen LogP contribution in [-0.4, -0.2) is 20.2 Å². The van der Waals surface area contributed by atoms with Gasteiger partial charge in [-0.3, -0.25) is 4.79 Å². The van der Waals surface area contributed by atoms with Crippen molar-refractivity contribution < 1.29 is 14.3 Å². The molecule has 1 rings (SSSR count). The molecule has 0 spiro atoms. The first-order valence-electron chi connectivity index (χ1n) is 4.10. The summed E-state index contributed by atoms with van der Waals surface area (Å²) >= 11 is 0. The second-order valence-electron chi connectivity index (χ2n) is 2.76. The molecule has 1 aliphatic carbocycles. The van der Waals surface area contributed by atoms with Gasteiger partial charge in [0.05, 0.1) is 20.6 Å². The average Bonchev–Trinajstić information content (AvgIpc) is 2.19. The van der Waals surface area contributed by atoms with E-state index in [-0.39, 0.29) is 5.97 Å². The van der Waals surface area contributed by atoms with E-state index in [1.54, 1.807) is 7.11 Å². The molecule has 0 bridgehead atoms. The van der Waals surface area contributed by atoms with E-state index in [1.807, 2.05) is 18.2 Å². The van der Waals surface area contributed by atoms with Crippen LogP contribution in [0.1, 0.15) is 12.8 Å². The van der Waals surface area contributed by atoms with Gasteiger partial charge in [0, 0.05) is 5.92 Å². The number of carbonyl (C=O) groups excluding carboxylic acids is 1. The molecule has 71 valence electrons. The summed E-state index contributed by atoms with van der Waals surface area (Å²) in [5.41, 5.74) is 0. The zero-order valence-corrected chi connectivity index (χ0v) is 7.87. The van der Waals surface area contributed by atoms with Gasteiger partial charge >= 0.3 is 5.97 Å². The lowest BCUT2D eigenvalue weighted by Crippen LogP contribution is -2.07. The zero-order valence-electron chi connectivity index (χ0n) is 7.87. The fraction of sp³-hybridized carbons (Fsp3) is 0.400. The van der Waals surface area contributed by atoms with Gasteiger partial charge in [-0.05, 0) is 18.6 Å². The molecule has 3 nitrogen and oxygen atoms in total. The van der Waals surface area contributed by atoms with E-state index < -0.39 is 0 Å². The Morgan fingerprint density at radius 1 is 1.46 bits per heavy atom. The van der Waals surface area contributed by atoms with E-state index in [1.165, 1.54) is 7.11 Å². The molecule has 0 N–H and O–H groups in total. The molecular formula is C10H13O3. The predicted octanol–water partition coefficient (Wildman–Crippen LogP) is 1.61. The van der Waals surface area contributed by atoms with Crippen molar-refractivity contribution in [1.29, 1.82) is 0 Å². The number of methoxy groups -OCH3 is 2. The van der Waals surface area contributed by atoms with Crippen LogP contribution >= 0.6 is 0 Å². The van der Waals surface area contributed by atoms with Crippen LogP contribution in [0.3, 0.4) is 0 Å². The number of allylic oxidation sites excluding steroid dienone is 3. The lowest BCUT2D eigenvalue weighted by atomic mass is 9.97. The van der Waals surface area contributed by atoms with Gasteiger partial charge in [-0.2, -0.15) is 0 Å². The fourth-order valence-electron chi connectivity index (χ4n) is 1.11. The average molecular weight is 181 g/mol. The normalized spacial score (nSPS) is 16.6. The van der Waals surface area contributed by atoms with Crippen molar-refractivity contribution >= 4 is 5.97 Å². The van der Waals surface area contributed by atoms with Gasteiger partial charge in [-0.15, -0.1) is 0 Å². The molecule has 0 aromatic carbocycles. The SMILES string of the molecule is COC(=O)C[C]1C=CC(OC)=CC1. The van der Waals surface area contributed by atoms with Crippen LogP contribution in [0, 0.1) is 5.92 Å². The molecule has 13 heavy (non-hydrogen) atoms. The highest BCUT2D eigenvalue weighted by Crippen LogP contribution is 2.21. The lowest BCUT2D eigenvalue weighted by molar-refractivity contribution is -0.140. The summed E-state index contributed by atoms with van der Waals surface area (Å²) < 4.78 is 9.58. The van der Waals surface area contributed by atoms with Crippen LogP contribution in [0.25, 0.3) is 0 Å². The number of carbonyl (C=O) groups is 1. The molecule has 0 aromatic rings. The zero-order chi connectivity index (χ0) is 9.68. The highest BCUT2D eigenvalue weighted by atomic mass is 16.5. The third-order valence-electron chi connectivity index (χ3n) is 1.88. The van der Waals surface area contributed by atoms with Crippen molar-refractivity contribution in [3.63, 3.8) is 0 Å². The summed E-state index contributed by atoms with van der Waals surface area (Å²) in [5, 5.41) is 0. The summed E-state index contributed by atoms with van der Waals surface area (Å²) in [6.07, 6.45) is 6.81. The maximum Gasteiger partial charge on any atom is 0.306 e. The van der Waals surface area contributed by atoms with Crippen LogP contribution in [0.15, 0.2) is 24.0 Å². The highest BCUT2D eigenvalue weighted by molar-refractivity contribution is 5.72. The van der Waals surface area contributed by atoms with E-state index in [4.69, 9.17) is 4.74 Å². The van der Waals surface area contributed by atoms with Gasteiger partial charge in [-0.25, -0.2) is 0 Å². The summed E-state index contributed by atoms with van der Waals surface area (Å²) in [7, 11) is 3.02. The number of esters is 1. The quantitative estimate of drug-likeness (QED) is 0.620. The van der Waals surface area contributed by atoms with Gasteiger partial charge in [0.25, 0.3) is 0 Å². The van der Waals surface area contributed by atoms with Gasteiger partial charge < -0.3 is 9.47 Å². The van der Waals surface area contributed by atoms with Crippen LogP contribution < -0.4 is 0 Å². The van der Waals surface area contributed by atoms with E-state index in [0.29, 0.717) is 6.42 Å². The van der Waals surface area contributed by atoms with E-state index in [0.717, 1.165) is 18.1 Å². The first kappa shape index (κ1) is 9.84. The Hall–Kier alpha value is -1.25. The number of rotatable bonds is 3. The molecule has 0 saturated heterocycles. The summed E-state index contributed by atoms with van der Waals surface area (Å²) in [6, 6.07) is 0. The van der Waals surface area contributed by atoms with Crippen molar-refractivity contribution in [2.45, 2.75) is 12.8 Å². The van der Waals surface area contributed by atoms with Crippen LogP contribution in [-0.2, 0) is 14.3 Å². The maximum absolute atomic E-state index is 10.9. The minimum Gasteiger partial charge on any atom is -0.497 e. The van der Waals surface area contributed by atoms with Crippen molar-refractivity contribution in [1.82, 2.24) is 0 Å². The lowest BCUT2D eigenvalue weighted by Gasteiger charge is -2.13. The number of ether oxygens (including phenoxy) is 2. The van der Waals surface area contributed by atoms with Crippen LogP contribution in [0.2, 0.25) is 0 Å². The monoisotopic (exact) mass is 181 g/mol. The maximum atomic E-state index is 10.9. The third kappa shape index (κ3) is 2.93. The molecule has 0 unspecified atom stereocenters. The van der Waals surface area contributed by atoms with E-state index in [9.17, 15) is 4.79 Å². The minimum absolute atomic E-state index is 0.200. The van der Waals surface area contributed by atoms with Crippen molar-refractivity contribution in [2.75, 3.05) is 14.2 Å². The van der Waals surface area contributed by atoms with Gasteiger partial charge in [0.15, 0.2) is 0 Å². The first-order chi connectivity index (χ1) is 6.26. The second-order valence-corrected chi connectivity index (χ2v) is 2.76. The largest absolute Gasteiger partial charge is 0.497 e. The smallest absolute Gasteiger partial charge is 0.306 e. The van der Waals surface area contributed by atoms with Crippen molar-refractivity contribution in [3.8, 4) is 0 Å². The van der Waals surface area contributed by atoms with Gasteiger partial charge in [0.1, 0.15) is 5.76 Å². The highest BCUT2D eigenvalue weighted by Gasteiger charge is 2.13. The Balaban J connectivity index is 2.39. The molecule has 0 fully saturated rings. The number of hydrogen-bond acceptors (Lipinski definition) is 3. The van der Waals surface area contributed by atoms with Crippen LogP contribution in [0.4, 0.5) is 0 Å². The minimum atomic E-state index is -0.200. The van der Waals surface area contributed by atoms with Gasteiger partial charge in [-0.1, -0.05) is 6.08 Å². The molecule has 0 amide bonds. The first-order valence-corrected chi connectivity index (χ1v) is 4.10. The topological polar surface area (TPSA) is 35.5 Å². The molecular weight excluding hydrogens is 168 g/mol. The third-order valence-corrected chi connectivity index (χ3v) is 1.88. The Labute approximate surface area is 78.0 Å². The standard InChI is InChI=1S/C10H13O3/c1-12-9-5-3-8(4-6-9)7-10(11)13-2/h3,5-6H,4,7H2,1-2H3. The predicted molar refractivity (Wildman–Crippen MR) is 48.7 cm³/mol. The molecule has 0 aliphatic heterocycles. The van der Waals surface area contributed by atoms with E-state index in [2.05, 4.69) is 4.74 Å². The van der Waals surface area contributed by atoms with Crippen LogP contribution in [0.5, 0.6) is 0 Å². The second kappa shape index (κ2) is 4.70. The molecule has 0 heterocycles. The summed E-state index contributed by atoms with van der Waals surface area (Å²) in [5.74, 6) is 1.69. The van der Waals surface area contributed by atoms with Gasteiger partial charge in [0.2, 0.25) is 0 Å². The summed E-state index contributed by atoms with van der Waals surface area (Å²) in [6.45, 7) is 0. The van der Waals surface area contributed by atoms with E-state index >= 15 is 0 Å². The summed E-state index contributed by atoms with van der Waals surface area (Å²) in [4.78, 5) is 10.9. The molecule has 0 saturated carbocycles. The Bertz CT molecular complexity index is 241. The van der Waals surface area contributed by atoms with Crippen molar-refractivity contribution in [2.24, 2.45) is 0 Å². The molecule has 1 aliphatic rings. The molecule has 1 radical (unpaired) electrons. The molecule has 0 atom stereocenters. The molecule has 0 aromatic heterocycles.